The summed E-state index contributed by atoms with van der Waals surface area (Å²) in [4.78, 5) is 7.10. The molecule has 0 bridgehead atoms. The average Bonchev–Trinajstić information content (AvgIpc) is 3.02. The molecule has 3 rings (SSSR count). The monoisotopic (exact) mass is 279 g/mol. The van der Waals surface area contributed by atoms with E-state index < -0.39 is 0 Å². The van der Waals surface area contributed by atoms with Gasteiger partial charge in [0.25, 0.3) is 0 Å². The molecule has 0 radical (unpaired) electrons. The Kier molecular flexibility index (Phi) is 3.60. The molecule has 3 N–H and O–H groups in total. The van der Waals surface area contributed by atoms with Crippen molar-refractivity contribution >= 4 is 5.69 Å². The molecular formula is C17H17N3O. The minimum Gasteiger partial charge on any atom is -0.508 e. The molecule has 4 nitrogen and oxygen atoms in total. The van der Waals surface area contributed by atoms with Crippen LogP contribution in [0.2, 0.25) is 0 Å². The molecule has 2 aromatic carbocycles. The molecule has 1 unspecified atom stereocenters. The van der Waals surface area contributed by atoms with E-state index in [9.17, 15) is 5.11 Å². The van der Waals surface area contributed by atoms with Crippen molar-refractivity contribution in [3.05, 3.63) is 66.6 Å². The van der Waals surface area contributed by atoms with E-state index in [4.69, 9.17) is 0 Å². The average molecular weight is 279 g/mol. The Morgan fingerprint density at radius 2 is 1.86 bits per heavy atom. The number of aromatic nitrogens is 2. The topological polar surface area (TPSA) is 60.9 Å². The van der Waals surface area contributed by atoms with Gasteiger partial charge in [-0.1, -0.05) is 30.3 Å². The van der Waals surface area contributed by atoms with Crippen molar-refractivity contribution in [1.29, 1.82) is 0 Å². The minimum absolute atomic E-state index is 0.0317. The molecule has 0 saturated carbocycles. The number of imidazole rings is 1. The van der Waals surface area contributed by atoms with Crippen LogP contribution < -0.4 is 5.32 Å². The Balaban J connectivity index is 1.75. The number of hydrogen-bond acceptors (Lipinski definition) is 3. The van der Waals surface area contributed by atoms with Crippen molar-refractivity contribution in [2.75, 3.05) is 5.32 Å². The molecule has 106 valence electrons. The van der Waals surface area contributed by atoms with E-state index in [1.165, 1.54) is 0 Å². The Morgan fingerprint density at radius 1 is 1.10 bits per heavy atom. The number of rotatable bonds is 4. The number of benzene rings is 2. The van der Waals surface area contributed by atoms with Gasteiger partial charge in [0.05, 0.1) is 24.3 Å². The summed E-state index contributed by atoms with van der Waals surface area (Å²) in [5.41, 5.74) is 3.98. The van der Waals surface area contributed by atoms with Gasteiger partial charge in [0, 0.05) is 11.3 Å². The summed E-state index contributed by atoms with van der Waals surface area (Å²) in [5, 5.41) is 13.3. The number of nitrogens with zero attached hydrogens (tertiary/aromatic N) is 1. The summed E-state index contributed by atoms with van der Waals surface area (Å²) in [6.45, 7) is 2.03. The first-order chi connectivity index (χ1) is 10.2. The van der Waals surface area contributed by atoms with E-state index in [0.717, 1.165) is 22.5 Å². The highest BCUT2D eigenvalue weighted by Gasteiger charge is 2.09. The van der Waals surface area contributed by atoms with E-state index >= 15 is 0 Å². The highest BCUT2D eigenvalue weighted by molar-refractivity contribution is 5.62. The molecule has 0 saturated heterocycles. The second kappa shape index (κ2) is 5.71. The summed E-state index contributed by atoms with van der Waals surface area (Å²) in [6, 6.07) is 15.5. The maximum absolute atomic E-state index is 9.88. The van der Waals surface area contributed by atoms with Crippen molar-refractivity contribution in [2.45, 2.75) is 13.0 Å². The second-order valence-electron chi connectivity index (χ2n) is 4.97. The van der Waals surface area contributed by atoms with Crippen LogP contribution in [0.25, 0.3) is 11.3 Å². The minimum atomic E-state index is 0.0317. The van der Waals surface area contributed by atoms with Crippen molar-refractivity contribution in [3.63, 3.8) is 0 Å². The predicted octanol–water partition coefficient (Wildman–Crippen LogP) is 3.96. The van der Waals surface area contributed by atoms with Crippen LogP contribution in [0.5, 0.6) is 5.75 Å². The quantitative estimate of drug-likeness (QED) is 0.677. The Bertz CT molecular complexity index is 705. The van der Waals surface area contributed by atoms with Gasteiger partial charge in [-0.15, -0.1) is 0 Å². The normalized spacial score (nSPS) is 12.0. The molecule has 1 aromatic heterocycles. The molecule has 1 heterocycles. The first-order valence-electron chi connectivity index (χ1n) is 6.87. The van der Waals surface area contributed by atoms with Gasteiger partial charge in [0.1, 0.15) is 5.75 Å². The highest BCUT2D eigenvalue weighted by Crippen LogP contribution is 2.27. The summed E-state index contributed by atoms with van der Waals surface area (Å²) < 4.78 is 0. The Labute approximate surface area is 123 Å². The summed E-state index contributed by atoms with van der Waals surface area (Å²) in [5.74, 6) is 0.312. The molecule has 4 heteroatoms. The van der Waals surface area contributed by atoms with Gasteiger partial charge < -0.3 is 15.4 Å². The third kappa shape index (κ3) is 2.89. The fourth-order valence-corrected chi connectivity index (χ4v) is 2.34. The third-order valence-corrected chi connectivity index (χ3v) is 3.48. The molecule has 0 fully saturated rings. The maximum Gasteiger partial charge on any atom is 0.120 e. The first-order valence-corrected chi connectivity index (χ1v) is 6.87. The van der Waals surface area contributed by atoms with Crippen molar-refractivity contribution in [3.8, 4) is 17.0 Å². The Morgan fingerprint density at radius 3 is 2.52 bits per heavy atom. The van der Waals surface area contributed by atoms with Crippen molar-refractivity contribution in [2.24, 2.45) is 0 Å². The van der Waals surface area contributed by atoms with Crippen LogP contribution in [0.1, 0.15) is 18.5 Å². The number of anilines is 1. The second-order valence-corrected chi connectivity index (χ2v) is 4.97. The van der Waals surface area contributed by atoms with Crippen LogP contribution >= 0.6 is 0 Å². The van der Waals surface area contributed by atoms with Crippen LogP contribution in [-0.2, 0) is 0 Å². The molecule has 0 amide bonds. The number of phenols is 1. The lowest BCUT2D eigenvalue weighted by Crippen LogP contribution is -2.06. The van der Waals surface area contributed by atoms with E-state index in [2.05, 4.69) is 15.3 Å². The van der Waals surface area contributed by atoms with Crippen LogP contribution in [0, 0.1) is 0 Å². The molecule has 0 aliphatic rings. The van der Waals surface area contributed by atoms with Crippen LogP contribution in [-0.4, -0.2) is 15.1 Å². The largest absolute Gasteiger partial charge is 0.508 e. The lowest BCUT2D eigenvalue weighted by atomic mass is 10.1. The molecular weight excluding hydrogens is 262 g/mol. The highest BCUT2D eigenvalue weighted by atomic mass is 16.3. The molecule has 21 heavy (non-hydrogen) atoms. The standard InChI is InChI=1S/C17H17N3O/c1-12(15-4-2-3-5-17(15)21)20-14-8-6-13(7-9-14)16-10-18-11-19-16/h2-12,20-21H,1H3,(H,18,19). The zero-order valence-corrected chi connectivity index (χ0v) is 11.7. The fraction of sp³-hybridized carbons (Fsp3) is 0.118. The number of nitrogens with one attached hydrogen (secondary N) is 2. The van der Waals surface area contributed by atoms with Gasteiger partial charge >= 0.3 is 0 Å². The lowest BCUT2D eigenvalue weighted by molar-refractivity contribution is 0.465. The predicted molar refractivity (Wildman–Crippen MR) is 84.2 cm³/mol. The summed E-state index contributed by atoms with van der Waals surface area (Å²) >= 11 is 0. The van der Waals surface area contributed by atoms with Gasteiger partial charge in [-0.05, 0) is 30.7 Å². The SMILES string of the molecule is CC(Nc1ccc(-c2cnc[nH]2)cc1)c1ccccc1O. The van der Waals surface area contributed by atoms with Gasteiger partial charge in [-0.2, -0.15) is 0 Å². The fourth-order valence-electron chi connectivity index (χ4n) is 2.34. The van der Waals surface area contributed by atoms with Crippen LogP contribution in [0.15, 0.2) is 61.1 Å². The number of aromatic amines is 1. The molecule has 1 atom stereocenters. The molecule has 0 spiro atoms. The summed E-state index contributed by atoms with van der Waals surface area (Å²) in [6.07, 6.45) is 3.47. The molecule has 0 aliphatic carbocycles. The zero-order chi connectivity index (χ0) is 14.7. The molecule has 0 aliphatic heterocycles. The van der Waals surface area contributed by atoms with E-state index in [1.807, 2.05) is 49.4 Å². The molecule has 3 aromatic rings. The van der Waals surface area contributed by atoms with Gasteiger partial charge in [-0.25, -0.2) is 4.98 Å². The van der Waals surface area contributed by atoms with Crippen LogP contribution in [0.3, 0.4) is 0 Å². The lowest BCUT2D eigenvalue weighted by Gasteiger charge is -2.17. The number of aromatic hydroxyl groups is 1. The number of phenolic OH excluding ortho intramolecular Hbond substituents is 1. The van der Waals surface area contributed by atoms with Crippen molar-refractivity contribution < 1.29 is 5.11 Å². The summed E-state index contributed by atoms with van der Waals surface area (Å²) in [7, 11) is 0. The first kappa shape index (κ1) is 13.2. The van der Waals surface area contributed by atoms with Gasteiger partial charge in [0.2, 0.25) is 0 Å². The number of hydrogen-bond donors (Lipinski definition) is 3. The smallest absolute Gasteiger partial charge is 0.120 e. The van der Waals surface area contributed by atoms with E-state index in [1.54, 1.807) is 18.6 Å². The zero-order valence-electron chi connectivity index (χ0n) is 11.7. The third-order valence-electron chi connectivity index (χ3n) is 3.48. The van der Waals surface area contributed by atoms with Crippen LogP contribution in [0.4, 0.5) is 5.69 Å². The van der Waals surface area contributed by atoms with Gasteiger partial charge in [0.15, 0.2) is 0 Å². The van der Waals surface area contributed by atoms with Crippen molar-refractivity contribution in [1.82, 2.24) is 9.97 Å². The van der Waals surface area contributed by atoms with E-state index in [-0.39, 0.29) is 6.04 Å². The van der Waals surface area contributed by atoms with Gasteiger partial charge in [-0.3, -0.25) is 0 Å². The maximum atomic E-state index is 9.88. The van der Waals surface area contributed by atoms with E-state index in [0.29, 0.717) is 5.75 Å². The number of para-hydroxylation sites is 1. The number of H-pyrrole nitrogens is 1. The Hall–Kier alpha value is -2.75.